The number of rotatable bonds is 8. The van der Waals surface area contributed by atoms with Crippen LogP contribution in [0.15, 0.2) is 15.8 Å². The van der Waals surface area contributed by atoms with Gasteiger partial charge in [-0.25, -0.2) is 4.79 Å². The monoisotopic (exact) mass is 420 g/mol. The third-order valence-electron chi connectivity index (χ3n) is 4.07. The average molecular weight is 421 g/mol. The molecule has 154 valence electrons. The molecule has 27 heavy (non-hydrogen) atoms. The summed E-state index contributed by atoms with van der Waals surface area (Å²) in [4.78, 5) is 26.4. The predicted molar refractivity (Wildman–Crippen MR) is 107 cm³/mol. The van der Waals surface area contributed by atoms with E-state index in [2.05, 4.69) is 25.8 Å². The van der Waals surface area contributed by atoms with Crippen LogP contribution in [-0.4, -0.2) is 60.3 Å². The Morgan fingerprint density at radius 2 is 1.93 bits per heavy atom. The van der Waals surface area contributed by atoms with Crippen molar-refractivity contribution in [2.75, 3.05) is 12.4 Å². The molecule has 1 aliphatic heterocycles. The Morgan fingerprint density at radius 1 is 1.22 bits per heavy atom. The second kappa shape index (κ2) is 9.62. The molecule has 0 saturated carbocycles. The second-order valence-electron chi connectivity index (χ2n) is 7.52. The summed E-state index contributed by atoms with van der Waals surface area (Å²) in [6.07, 6.45) is -1.23. The molecule has 1 saturated heterocycles. The van der Waals surface area contributed by atoms with Gasteiger partial charge in [-0.3, -0.25) is 14.3 Å². The third-order valence-corrected chi connectivity index (χ3v) is 7.49. The first kappa shape index (κ1) is 22.5. The number of aliphatic hydroxyl groups is 3. The quantitative estimate of drug-likeness (QED) is 0.357. The van der Waals surface area contributed by atoms with Crippen LogP contribution >= 0.6 is 21.6 Å². The number of unbranched alkanes of at least 4 members (excludes halogenated alkanes) is 1. The standard InChI is InChI=1S/C17H28N2O6S2/c1-17(2,3)27-26-7-5-4-6-10-8-19(16(24)18-14(10)23)15-13(22)12(21)11(9-20)25-15/h8,11-13,15,20-22H,4-7,9H2,1-3H3,(H,18,23,24)/t11-,12-,13-,15-/m1/s1. The molecule has 0 radical (unpaired) electrons. The minimum absolute atomic E-state index is 0.205. The lowest BCUT2D eigenvalue weighted by molar-refractivity contribution is -0.0551. The van der Waals surface area contributed by atoms with Gasteiger partial charge in [-0.05, 0) is 19.3 Å². The molecular weight excluding hydrogens is 392 g/mol. The number of H-pyrrole nitrogens is 1. The fourth-order valence-corrected chi connectivity index (χ4v) is 5.12. The number of nitrogens with one attached hydrogen (secondary N) is 1. The van der Waals surface area contributed by atoms with E-state index in [4.69, 9.17) is 4.74 Å². The SMILES string of the molecule is CC(C)(C)SSCCCCc1cn([C@@H]2O[C@H](CO)[C@@H](O)[C@H]2O)c(=O)[nH]c1=O. The molecule has 0 spiro atoms. The van der Waals surface area contributed by atoms with E-state index in [9.17, 15) is 24.9 Å². The lowest BCUT2D eigenvalue weighted by atomic mass is 10.1. The summed E-state index contributed by atoms with van der Waals surface area (Å²) in [7, 11) is 3.62. The van der Waals surface area contributed by atoms with Gasteiger partial charge < -0.3 is 20.1 Å². The van der Waals surface area contributed by atoms with Gasteiger partial charge in [0.2, 0.25) is 0 Å². The zero-order valence-corrected chi connectivity index (χ0v) is 17.4. The van der Waals surface area contributed by atoms with Gasteiger partial charge >= 0.3 is 5.69 Å². The molecule has 4 atom stereocenters. The summed E-state index contributed by atoms with van der Waals surface area (Å²) < 4.78 is 6.65. The normalized spacial score (nSPS) is 25.9. The van der Waals surface area contributed by atoms with Gasteiger partial charge in [0.15, 0.2) is 6.23 Å². The Bertz CT molecular complexity index is 729. The Hall–Kier alpha value is -0.780. The topological polar surface area (TPSA) is 125 Å². The number of aliphatic hydroxyl groups excluding tert-OH is 3. The number of nitrogens with zero attached hydrogens (tertiary/aromatic N) is 1. The van der Waals surface area contributed by atoms with Crippen LogP contribution in [0.2, 0.25) is 0 Å². The number of aromatic amines is 1. The molecule has 1 aliphatic rings. The van der Waals surface area contributed by atoms with Crippen molar-refractivity contribution < 1.29 is 20.1 Å². The van der Waals surface area contributed by atoms with Crippen molar-refractivity contribution in [2.45, 2.75) is 69.3 Å². The van der Waals surface area contributed by atoms with Crippen LogP contribution < -0.4 is 11.2 Å². The molecule has 0 bridgehead atoms. The van der Waals surface area contributed by atoms with E-state index in [0.29, 0.717) is 12.0 Å². The highest BCUT2D eigenvalue weighted by molar-refractivity contribution is 8.77. The van der Waals surface area contributed by atoms with Gasteiger partial charge in [-0.15, -0.1) is 0 Å². The first-order chi connectivity index (χ1) is 12.6. The smallest absolute Gasteiger partial charge is 0.330 e. The molecule has 4 N–H and O–H groups in total. The average Bonchev–Trinajstić information content (AvgIpc) is 2.86. The zero-order valence-electron chi connectivity index (χ0n) is 15.8. The molecule has 0 aromatic carbocycles. The molecule has 0 aliphatic carbocycles. The van der Waals surface area contributed by atoms with Crippen molar-refractivity contribution in [1.82, 2.24) is 9.55 Å². The summed E-state index contributed by atoms with van der Waals surface area (Å²) in [5.41, 5.74) is -0.767. The number of aromatic nitrogens is 2. The maximum absolute atomic E-state index is 12.1. The molecule has 0 unspecified atom stereocenters. The number of hydrogen-bond donors (Lipinski definition) is 4. The van der Waals surface area contributed by atoms with Gasteiger partial charge in [0.1, 0.15) is 18.3 Å². The van der Waals surface area contributed by atoms with Crippen LogP contribution in [0.5, 0.6) is 0 Å². The van der Waals surface area contributed by atoms with Crippen LogP contribution in [-0.2, 0) is 11.2 Å². The summed E-state index contributed by atoms with van der Waals surface area (Å²) in [5, 5.41) is 29.1. The summed E-state index contributed by atoms with van der Waals surface area (Å²) in [6, 6.07) is 0. The Morgan fingerprint density at radius 3 is 2.52 bits per heavy atom. The van der Waals surface area contributed by atoms with Crippen molar-refractivity contribution >= 4 is 21.6 Å². The Labute approximate surface area is 165 Å². The maximum atomic E-state index is 12.1. The molecule has 1 fully saturated rings. The maximum Gasteiger partial charge on any atom is 0.330 e. The highest BCUT2D eigenvalue weighted by atomic mass is 33.1. The summed E-state index contributed by atoms with van der Waals surface area (Å²) in [5.74, 6) is 0.967. The molecule has 10 heteroatoms. The largest absolute Gasteiger partial charge is 0.394 e. The first-order valence-electron chi connectivity index (χ1n) is 8.91. The van der Waals surface area contributed by atoms with Gasteiger partial charge in [0.05, 0.1) is 6.61 Å². The van der Waals surface area contributed by atoms with Crippen LogP contribution in [0.25, 0.3) is 0 Å². The number of aryl methyl sites for hydroxylation is 1. The summed E-state index contributed by atoms with van der Waals surface area (Å²) >= 11 is 0. The van der Waals surface area contributed by atoms with E-state index in [0.717, 1.165) is 23.2 Å². The van der Waals surface area contributed by atoms with E-state index in [1.807, 2.05) is 10.8 Å². The fraction of sp³-hybridized carbons (Fsp3) is 0.765. The number of hydrogen-bond acceptors (Lipinski definition) is 8. The Balaban J connectivity index is 2.00. The molecule has 1 aromatic heterocycles. The minimum Gasteiger partial charge on any atom is -0.394 e. The molecule has 2 rings (SSSR count). The van der Waals surface area contributed by atoms with Gasteiger partial charge in [-0.2, -0.15) is 0 Å². The van der Waals surface area contributed by atoms with Gasteiger partial charge in [0, 0.05) is 22.3 Å². The minimum atomic E-state index is -1.37. The van der Waals surface area contributed by atoms with E-state index in [-0.39, 0.29) is 4.75 Å². The van der Waals surface area contributed by atoms with Crippen molar-refractivity contribution in [2.24, 2.45) is 0 Å². The van der Waals surface area contributed by atoms with Crippen LogP contribution in [0.4, 0.5) is 0 Å². The molecule has 0 amide bonds. The van der Waals surface area contributed by atoms with E-state index >= 15 is 0 Å². The van der Waals surface area contributed by atoms with Crippen molar-refractivity contribution in [3.05, 3.63) is 32.6 Å². The number of ether oxygens (including phenoxy) is 1. The highest BCUT2D eigenvalue weighted by Crippen LogP contribution is 2.35. The van der Waals surface area contributed by atoms with E-state index in [1.54, 1.807) is 10.8 Å². The molecule has 1 aromatic rings. The second-order valence-corrected chi connectivity index (χ2v) is 10.8. The van der Waals surface area contributed by atoms with E-state index in [1.165, 1.54) is 6.20 Å². The third kappa shape index (κ3) is 6.10. The van der Waals surface area contributed by atoms with Crippen LogP contribution in [0, 0.1) is 0 Å². The van der Waals surface area contributed by atoms with Crippen molar-refractivity contribution in [1.29, 1.82) is 0 Å². The van der Waals surface area contributed by atoms with E-state index < -0.39 is 42.4 Å². The first-order valence-corrected chi connectivity index (χ1v) is 11.2. The molecule has 8 nitrogen and oxygen atoms in total. The fourth-order valence-electron chi connectivity index (χ4n) is 2.70. The summed E-state index contributed by atoms with van der Waals surface area (Å²) in [6.45, 7) is 5.99. The van der Waals surface area contributed by atoms with Crippen LogP contribution in [0.3, 0.4) is 0 Å². The highest BCUT2D eigenvalue weighted by Gasteiger charge is 2.43. The van der Waals surface area contributed by atoms with Crippen molar-refractivity contribution in [3.63, 3.8) is 0 Å². The predicted octanol–water partition coefficient (Wildman–Crippen LogP) is 0.651. The van der Waals surface area contributed by atoms with Crippen LogP contribution in [0.1, 0.15) is 45.4 Å². The lowest BCUT2D eigenvalue weighted by Gasteiger charge is -2.18. The Kier molecular flexibility index (Phi) is 8.02. The molecule has 2 heterocycles. The van der Waals surface area contributed by atoms with Gasteiger partial charge in [-0.1, -0.05) is 42.4 Å². The van der Waals surface area contributed by atoms with Crippen molar-refractivity contribution in [3.8, 4) is 0 Å². The molecular formula is C17H28N2O6S2. The zero-order chi connectivity index (χ0) is 20.2. The lowest BCUT2D eigenvalue weighted by Crippen LogP contribution is -2.38. The van der Waals surface area contributed by atoms with Gasteiger partial charge in [0.25, 0.3) is 5.56 Å².